The van der Waals surface area contributed by atoms with E-state index in [0.717, 1.165) is 33.4 Å². The van der Waals surface area contributed by atoms with E-state index in [4.69, 9.17) is 9.47 Å². The number of nitrogens with one attached hydrogen (secondary N) is 1. The fourth-order valence-electron chi connectivity index (χ4n) is 5.17. The maximum absolute atomic E-state index is 13.9. The molecular formula is C32H35N3O4. The van der Waals surface area contributed by atoms with E-state index in [0.29, 0.717) is 47.5 Å². The van der Waals surface area contributed by atoms with Gasteiger partial charge in [-0.05, 0) is 67.1 Å². The SMILES string of the molecule is COc1cc(C2c3c(-c4cc(C)cc(C)c4O)n[nH]c3C(=O)N2Cc2ccc(C)cc2)ccc1OCC(C)C. The number of phenols is 1. The number of aromatic amines is 1. The van der Waals surface area contributed by atoms with Gasteiger partial charge in [0.25, 0.3) is 5.91 Å². The molecule has 7 nitrogen and oxygen atoms in total. The Hall–Kier alpha value is -4.26. The number of hydrogen-bond acceptors (Lipinski definition) is 5. The van der Waals surface area contributed by atoms with E-state index in [-0.39, 0.29) is 11.7 Å². The average molecular weight is 526 g/mol. The van der Waals surface area contributed by atoms with E-state index < -0.39 is 6.04 Å². The number of rotatable bonds is 8. The number of fused-ring (bicyclic) bond motifs is 1. The molecule has 1 aromatic heterocycles. The number of phenolic OH excluding ortho intramolecular Hbond substituents is 1. The zero-order valence-corrected chi connectivity index (χ0v) is 23.3. The lowest BCUT2D eigenvalue weighted by molar-refractivity contribution is 0.0730. The first-order valence-electron chi connectivity index (χ1n) is 13.2. The summed E-state index contributed by atoms with van der Waals surface area (Å²) < 4.78 is 11.7. The molecule has 0 aliphatic carbocycles. The number of aryl methyl sites for hydroxylation is 3. The minimum atomic E-state index is -0.448. The third kappa shape index (κ3) is 4.97. The van der Waals surface area contributed by atoms with Gasteiger partial charge in [-0.3, -0.25) is 9.89 Å². The minimum Gasteiger partial charge on any atom is -0.507 e. The monoisotopic (exact) mass is 525 g/mol. The molecule has 0 spiro atoms. The molecule has 7 heteroatoms. The van der Waals surface area contributed by atoms with Crippen molar-refractivity contribution < 1.29 is 19.4 Å². The number of H-pyrrole nitrogens is 1. The number of aromatic nitrogens is 2. The van der Waals surface area contributed by atoms with Gasteiger partial charge >= 0.3 is 0 Å². The van der Waals surface area contributed by atoms with Crippen LogP contribution in [-0.2, 0) is 6.54 Å². The van der Waals surface area contributed by atoms with E-state index in [1.54, 1.807) is 7.11 Å². The minimum absolute atomic E-state index is 0.141. The molecule has 3 aromatic carbocycles. The van der Waals surface area contributed by atoms with Crippen LogP contribution < -0.4 is 9.47 Å². The van der Waals surface area contributed by atoms with Crippen LogP contribution in [0.3, 0.4) is 0 Å². The van der Waals surface area contributed by atoms with Crippen LogP contribution in [0.4, 0.5) is 0 Å². The Morgan fingerprint density at radius 2 is 1.74 bits per heavy atom. The predicted octanol–water partition coefficient (Wildman–Crippen LogP) is 6.50. The molecule has 0 saturated heterocycles. The predicted molar refractivity (Wildman–Crippen MR) is 151 cm³/mol. The molecule has 1 amide bonds. The number of benzene rings is 3. The van der Waals surface area contributed by atoms with Gasteiger partial charge in [-0.1, -0.05) is 55.8 Å². The molecule has 2 heterocycles. The highest BCUT2D eigenvalue weighted by Crippen LogP contribution is 2.47. The summed E-state index contributed by atoms with van der Waals surface area (Å²) in [7, 11) is 1.62. The van der Waals surface area contributed by atoms with E-state index in [2.05, 4.69) is 36.2 Å². The number of methoxy groups -OCH3 is 1. The number of hydrogen-bond donors (Lipinski definition) is 2. The van der Waals surface area contributed by atoms with E-state index >= 15 is 0 Å². The molecule has 4 aromatic rings. The maximum atomic E-state index is 13.9. The summed E-state index contributed by atoms with van der Waals surface area (Å²) in [5.74, 6) is 1.64. The van der Waals surface area contributed by atoms with Crippen LogP contribution in [0.2, 0.25) is 0 Å². The average Bonchev–Trinajstić information content (AvgIpc) is 3.45. The number of amides is 1. The van der Waals surface area contributed by atoms with Crippen molar-refractivity contribution in [2.75, 3.05) is 13.7 Å². The Labute approximate surface area is 229 Å². The van der Waals surface area contributed by atoms with Gasteiger partial charge in [-0.2, -0.15) is 5.10 Å². The molecule has 2 N–H and O–H groups in total. The molecule has 5 rings (SSSR count). The van der Waals surface area contributed by atoms with Gasteiger partial charge < -0.3 is 19.5 Å². The smallest absolute Gasteiger partial charge is 0.273 e. The molecule has 0 bridgehead atoms. The summed E-state index contributed by atoms with van der Waals surface area (Å²) in [6.45, 7) is 11.1. The van der Waals surface area contributed by atoms with Crippen molar-refractivity contribution in [2.45, 2.75) is 47.2 Å². The standard InChI is InChI=1S/C32H35N3O4/c1-18(2)17-39-25-12-11-23(15-26(25)38-6)30-27-28(24-14-20(4)13-21(5)31(24)36)33-34-29(27)32(37)35(30)16-22-9-7-19(3)8-10-22/h7-15,18,30,36H,16-17H2,1-6H3,(H,33,34). The third-order valence-corrected chi connectivity index (χ3v) is 7.11. The van der Waals surface area contributed by atoms with Crippen LogP contribution in [0.5, 0.6) is 17.2 Å². The Balaban J connectivity index is 1.65. The zero-order chi connectivity index (χ0) is 27.8. The van der Waals surface area contributed by atoms with Crippen LogP contribution >= 0.6 is 0 Å². The van der Waals surface area contributed by atoms with Crippen molar-refractivity contribution in [3.05, 3.63) is 93.7 Å². The lowest BCUT2D eigenvalue weighted by Gasteiger charge is -2.27. The summed E-state index contributed by atoms with van der Waals surface area (Å²) in [5.41, 5.74) is 7.15. The Bertz CT molecular complexity index is 1520. The quantitative estimate of drug-likeness (QED) is 0.274. The van der Waals surface area contributed by atoms with Crippen LogP contribution in [-0.4, -0.2) is 39.8 Å². The number of carbonyl (C=O) groups excluding carboxylic acids is 1. The summed E-state index contributed by atoms with van der Waals surface area (Å²) >= 11 is 0. The second-order valence-electron chi connectivity index (χ2n) is 10.8. The first-order chi connectivity index (χ1) is 18.7. The molecule has 0 radical (unpaired) electrons. The van der Waals surface area contributed by atoms with E-state index in [1.165, 1.54) is 0 Å². The zero-order valence-electron chi connectivity index (χ0n) is 23.3. The summed E-state index contributed by atoms with van der Waals surface area (Å²) in [5, 5.41) is 18.5. The van der Waals surface area contributed by atoms with Crippen LogP contribution in [0.25, 0.3) is 11.3 Å². The molecular weight excluding hydrogens is 490 g/mol. The van der Waals surface area contributed by atoms with E-state index in [9.17, 15) is 9.90 Å². The summed E-state index contributed by atoms with van der Waals surface area (Å²) in [6.07, 6.45) is 0. The largest absolute Gasteiger partial charge is 0.507 e. The fraction of sp³-hybridized carbons (Fsp3) is 0.312. The lowest BCUT2D eigenvalue weighted by atomic mass is 9.93. The Morgan fingerprint density at radius 1 is 1.00 bits per heavy atom. The third-order valence-electron chi connectivity index (χ3n) is 7.11. The number of ether oxygens (including phenoxy) is 2. The van der Waals surface area contributed by atoms with Crippen molar-refractivity contribution >= 4 is 5.91 Å². The van der Waals surface area contributed by atoms with E-state index in [1.807, 2.05) is 68.1 Å². The lowest BCUT2D eigenvalue weighted by Crippen LogP contribution is -2.29. The normalized spacial score (nSPS) is 14.7. The first kappa shape index (κ1) is 26.4. The maximum Gasteiger partial charge on any atom is 0.273 e. The topological polar surface area (TPSA) is 87.7 Å². The highest BCUT2D eigenvalue weighted by atomic mass is 16.5. The number of nitrogens with zero attached hydrogens (tertiary/aromatic N) is 2. The van der Waals surface area contributed by atoms with Gasteiger partial charge in [0.1, 0.15) is 17.1 Å². The molecule has 1 unspecified atom stereocenters. The van der Waals surface area contributed by atoms with Crippen molar-refractivity contribution in [3.8, 4) is 28.5 Å². The number of carbonyl (C=O) groups is 1. The van der Waals surface area contributed by atoms with Gasteiger partial charge in [-0.25, -0.2) is 0 Å². The highest BCUT2D eigenvalue weighted by molar-refractivity contribution is 6.00. The van der Waals surface area contributed by atoms with Crippen LogP contribution in [0.1, 0.15) is 63.8 Å². The van der Waals surface area contributed by atoms with Crippen molar-refractivity contribution in [1.29, 1.82) is 0 Å². The second-order valence-corrected chi connectivity index (χ2v) is 10.8. The molecule has 39 heavy (non-hydrogen) atoms. The summed E-state index contributed by atoms with van der Waals surface area (Å²) in [6, 6.07) is 17.4. The molecule has 1 atom stereocenters. The van der Waals surface area contributed by atoms with Gasteiger partial charge in [0.15, 0.2) is 11.5 Å². The summed E-state index contributed by atoms with van der Waals surface area (Å²) in [4.78, 5) is 15.7. The van der Waals surface area contributed by atoms with Crippen molar-refractivity contribution in [1.82, 2.24) is 15.1 Å². The van der Waals surface area contributed by atoms with Gasteiger partial charge in [0.2, 0.25) is 0 Å². The highest BCUT2D eigenvalue weighted by Gasteiger charge is 2.43. The second kappa shape index (κ2) is 10.5. The van der Waals surface area contributed by atoms with Crippen molar-refractivity contribution in [2.24, 2.45) is 5.92 Å². The van der Waals surface area contributed by atoms with Gasteiger partial charge in [0, 0.05) is 17.7 Å². The fourth-order valence-corrected chi connectivity index (χ4v) is 5.17. The Kier molecular flexibility index (Phi) is 7.08. The van der Waals surface area contributed by atoms with Gasteiger partial charge in [0.05, 0.1) is 19.8 Å². The Morgan fingerprint density at radius 3 is 2.44 bits per heavy atom. The molecule has 1 aliphatic rings. The molecule has 0 saturated carbocycles. The van der Waals surface area contributed by atoms with Crippen molar-refractivity contribution in [3.63, 3.8) is 0 Å². The number of aromatic hydroxyl groups is 1. The van der Waals surface area contributed by atoms with Crippen LogP contribution in [0, 0.1) is 26.7 Å². The first-order valence-corrected chi connectivity index (χ1v) is 13.2. The molecule has 202 valence electrons. The van der Waals surface area contributed by atoms with Crippen LogP contribution in [0.15, 0.2) is 54.6 Å². The molecule has 0 fully saturated rings. The van der Waals surface area contributed by atoms with Gasteiger partial charge in [-0.15, -0.1) is 0 Å². The molecule has 1 aliphatic heterocycles.